The van der Waals surface area contributed by atoms with Gasteiger partial charge in [0.2, 0.25) is 0 Å². The third-order valence-electron chi connectivity index (χ3n) is 3.45. The molecule has 25 heavy (non-hydrogen) atoms. The largest absolute Gasteiger partial charge is 0.495 e. The van der Waals surface area contributed by atoms with E-state index in [0.29, 0.717) is 11.4 Å². The van der Waals surface area contributed by atoms with Crippen LogP contribution in [0.15, 0.2) is 75.9 Å². The normalized spacial score (nSPS) is 11.3. The van der Waals surface area contributed by atoms with E-state index in [1.165, 1.54) is 24.9 Å². The second kappa shape index (κ2) is 7.20. The zero-order valence-corrected chi connectivity index (χ0v) is 15.3. The van der Waals surface area contributed by atoms with Gasteiger partial charge in [0.15, 0.2) is 5.16 Å². The predicted octanol–water partition coefficient (Wildman–Crippen LogP) is 3.38. The van der Waals surface area contributed by atoms with Crippen LogP contribution in [-0.2, 0) is 17.1 Å². The number of aryl methyl sites for hydroxylation is 1. The lowest BCUT2D eigenvalue weighted by molar-refractivity contribution is 0.403. The van der Waals surface area contributed by atoms with Crippen molar-refractivity contribution in [3.8, 4) is 5.75 Å². The molecule has 0 fully saturated rings. The van der Waals surface area contributed by atoms with Gasteiger partial charge in [-0.1, -0.05) is 23.9 Å². The molecule has 8 heteroatoms. The number of ether oxygens (including phenoxy) is 1. The lowest BCUT2D eigenvalue weighted by Crippen LogP contribution is -2.13. The molecule has 0 aliphatic heterocycles. The van der Waals surface area contributed by atoms with Gasteiger partial charge in [0.05, 0.1) is 7.11 Å². The topological polar surface area (TPSA) is 73.2 Å². The molecule has 0 atom stereocenters. The fourth-order valence-corrected chi connectivity index (χ4v) is 4.23. The molecule has 3 aromatic rings. The van der Waals surface area contributed by atoms with E-state index in [-0.39, 0.29) is 4.90 Å². The van der Waals surface area contributed by atoms with Crippen molar-refractivity contribution in [1.82, 2.24) is 9.55 Å². The summed E-state index contributed by atoms with van der Waals surface area (Å²) >= 11 is 1.50. The molecular weight excluding hydrogens is 358 g/mol. The first-order chi connectivity index (χ1) is 12.0. The average Bonchev–Trinajstić information content (AvgIpc) is 3.01. The van der Waals surface area contributed by atoms with Crippen LogP contribution in [0.3, 0.4) is 0 Å². The summed E-state index contributed by atoms with van der Waals surface area (Å²) in [6.07, 6.45) is 3.61. The maximum atomic E-state index is 12.6. The molecule has 0 aliphatic carbocycles. The van der Waals surface area contributed by atoms with Gasteiger partial charge >= 0.3 is 0 Å². The Bertz CT molecular complexity index is 967. The number of sulfonamides is 1. The summed E-state index contributed by atoms with van der Waals surface area (Å²) < 4.78 is 34.7. The van der Waals surface area contributed by atoms with E-state index in [1.54, 1.807) is 36.5 Å². The maximum Gasteiger partial charge on any atom is 0.265 e. The molecule has 1 N–H and O–H groups in total. The van der Waals surface area contributed by atoms with Crippen LogP contribution in [-0.4, -0.2) is 25.1 Å². The van der Waals surface area contributed by atoms with Crippen LogP contribution in [0.4, 0.5) is 5.69 Å². The summed E-state index contributed by atoms with van der Waals surface area (Å²) in [6.45, 7) is 0. The standard InChI is InChI=1S/C17H17N3O3S2/c1-20-12-11-18-17(20)24-14-9-7-13(8-10-14)19-25(21,22)16-6-4-3-5-15(16)23-2/h3-12,19H,1-2H3. The number of imidazole rings is 1. The number of hydrogen-bond donors (Lipinski definition) is 1. The Morgan fingerprint density at radius 3 is 2.48 bits per heavy atom. The molecule has 0 saturated heterocycles. The minimum Gasteiger partial charge on any atom is -0.495 e. The van der Waals surface area contributed by atoms with Gasteiger partial charge in [0.1, 0.15) is 10.6 Å². The fourth-order valence-electron chi connectivity index (χ4n) is 2.20. The summed E-state index contributed by atoms with van der Waals surface area (Å²) in [4.78, 5) is 5.32. The Kier molecular flexibility index (Phi) is 5.00. The van der Waals surface area contributed by atoms with E-state index in [1.807, 2.05) is 29.9 Å². The minimum absolute atomic E-state index is 0.101. The van der Waals surface area contributed by atoms with Crippen LogP contribution < -0.4 is 9.46 Å². The Morgan fingerprint density at radius 1 is 1.12 bits per heavy atom. The minimum atomic E-state index is -3.72. The highest BCUT2D eigenvalue weighted by Crippen LogP contribution is 2.29. The van der Waals surface area contributed by atoms with Crippen LogP contribution in [0.25, 0.3) is 0 Å². The highest BCUT2D eigenvalue weighted by molar-refractivity contribution is 7.99. The molecule has 0 amide bonds. The molecule has 0 spiro atoms. The Morgan fingerprint density at radius 2 is 1.84 bits per heavy atom. The van der Waals surface area contributed by atoms with E-state index < -0.39 is 10.0 Å². The number of nitrogens with zero attached hydrogens (tertiary/aromatic N) is 2. The molecule has 2 aromatic carbocycles. The summed E-state index contributed by atoms with van der Waals surface area (Å²) in [5.41, 5.74) is 0.482. The van der Waals surface area contributed by atoms with Crippen molar-refractivity contribution >= 4 is 27.5 Å². The quantitative estimate of drug-likeness (QED) is 0.715. The second-order valence-corrected chi connectivity index (χ2v) is 7.90. The van der Waals surface area contributed by atoms with Crippen molar-refractivity contribution in [2.75, 3.05) is 11.8 Å². The summed E-state index contributed by atoms with van der Waals surface area (Å²) in [5.74, 6) is 0.303. The lowest BCUT2D eigenvalue weighted by atomic mass is 10.3. The second-order valence-electron chi connectivity index (χ2n) is 5.20. The Hall–Kier alpha value is -2.45. The highest BCUT2D eigenvalue weighted by atomic mass is 32.2. The van der Waals surface area contributed by atoms with E-state index in [9.17, 15) is 8.42 Å². The van der Waals surface area contributed by atoms with E-state index >= 15 is 0 Å². The third-order valence-corrected chi connectivity index (χ3v) is 5.96. The number of methoxy groups -OCH3 is 1. The fraction of sp³-hybridized carbons (Fsp3) is 0.118. The molecule has 6 nitrogen and oxygen atoms in total. The van der Waals surface area contributed by atoms with Crippen molar-refractivity contribution in [2.45, 2.75) is 14.9 Å². The Labute approximate surface area is 150 Å². The third kappa shape index (κ3) is 3.97. The monoisotopic (exact) mass is 375 g/mol. The van der Waals surface area contributed by atoms with Crippen LogP contribution in [0.5, 0.6) is 5.75 Å². The highest BCUT2D eigenvalue weighted by Gasteiger charge is 2.19. The van der Waals surface area contributed by atoms with Crippen LogP contribution in [0, 0.1) is 0 Å². The first kappa shape index (κ1) is 17.4. The van der Waals surface area contributed by atoms with E-state index in [4.69, 9.17) is 4.74 Å². The predicted molar refractivity (Wildman–Crippen MR) is 97.6 cm³/mol. The Balaban J connectivity index is 1.78. The number of rotatable bonds is 6. The van der Waals surface area contributed by atoms with E-state index in [2.05, 4.69) is 9.71 Å². The zero-order chi connectivity index (χ0) is 17.9. The van der Waals surface area contributed by atoms with Crippen molar-refractivity contribution in [3.63, 3.8) is 0 Å². The number of hydrogen-bond acceptors (Lipinski definition) is 5. The maximum absolute atomic E-state index is 12.6. The molecule has 1 heterocycles. The molecule has 1 aromatic heterocycles. The average molecular weight is 375 g/mol. The molecule has 0 bridgehead atoms. The molecule has 0 aliphatic rings. The van der Waals surface area contributed by atoms with Crippen molar-refractivity contribution < 1.29 is 13.2 Å². The van der Waals surface area contributed by atoms with Crippen molar-refractivity contribution in [3.05, 3.63) is 60.9 Å². The van der Waals surface area contributed by atoms with Gasteiger partial charge in [0.25, 0.3) is 10.0 Å². The summed E-state index contributed by atoms with van der Waals surface area (Å²) in [5, 5.41) is 0.863. The molecule has 130 valence electrons. The number of para-hydroxylation sites is 1. The number of anilines is 1. The van der Waals surface area contributed by atoms with Gasteiger partial charge < -0.3 is 9.30 Å². The SMILES string of the molecule is COc1ccccc1S(=O)(=O)Nc1ccc(Sc2nccn2C)cc1. The lowest BCUT2D eigenvalue weighted by Gasteiger charge is -2.11. The summed E-state index contributed by atoms with van der Waals surface area (Å²) in [6, 6.07) is 13.6. The van der Waals surface area contributed by atoms with Crippen molar-refractivity contribution in [2.24, 2.45) is 7.05 Å². The van der Waals surface area contributed by atoms with Crippen LogP contribution in [0.2, 0.25) is 0 Å². The van der Waals surface area contributed by atoms with E-state index in [0.717, 1.165) is 10.1 Å². The van der Waals surface area contributed by atoms with Crippen LogP contribution in [0.1, 0.15) is 0 Å². The first-order valence-electron chi connectivity index (χ1n) is 7.41. The molecule has 0 saturated carbocycles. The van der Waals surface area contributed by atoms with Gasteiger partial charge in [-0.2, -0.15) is 0 Å². The molecule has 3 rings (SSSR count). The van der Waals surface area contributed by atoms with Gasteiger partial charge in [-0.25, -0.2) is 13.4 Å². The van der Waals surface area contributed by atoms with Gasteiger partial charge in [-0.05, 0) is 36.4 Å². The van der Waals surface area contributed by atoms with Crippen molar-refractivity contribution in [1.29, 1.82) is 0 Å². The molecular formula is C17H17N3O3S2. The molecule has 0 unspecified atom stereocenters. The zero-order valence-electron chi connectivity index (χ0n) is 13.7. The number of nitrogens with one attached hydrogen (secondary N) is 1. The van der Waals surface area contributed by atoms with Gasteiger partial charge in [-0.15, -0.1) is 0 Å². The van der Waals surface area contributed by atoms with Crippen LogP contribution >= 0.6 is 11.8 Å². The molecule has 0 radical (unpaired) electrons. The van der Waals surface area contributed by atoms with Gasteiger partial charge in [0, 0.05) is 30.0 Å². The number of benzene rings is 2. The van der Waals surface area contributed by atoms with Gasteiger partial charge in [-0.3, -0.25) is 4.72 Å². The smallest absolute Gasteiger partial charge is 0.265 e. The first-order valence-corrected chi connectivity index (χ1v) is 9.70. The number of aromatic nitrogens is 2. The summed E-state index contributed by atoms with van der Waals surface area (Å²) in [7, 11) is -0.360.